The van der Waals surface area contributed by atoms with Crippen LogP contribution in [0, 0.1) is 6.92 Å². The molecule has 114 valence electrons. The lowest BCUT2D eigenvalue weighted by atomic mass is 10.1. The molecule has 0 aliphatic rings. The highest BCUT2D eigenvalue weighted by atomic mass is 16.2. The minimum Gasteiger partial charge on any atom is -0.303 e. The maximum atomic E-state index is 13.0. The Morgan fingerprint density at radius 3 is 2.17 bits per heavy atom. The smallest absolute Gasteiger partial charge is 0.277 e. The number of hydrogen-bond donors (Lipinski definition) is 0. The number of benzene rings is 2. The van der Waals surface area contributed by atoms with Crippen LogP contribution in [0.15, 0.2) is 78.9 Å². The number of aryl methyl sites for hydroxylation is 1. The molecule has 3 nitrogen and oxygen atoms in total. The molecule has 0 N–H and O–H groups in total. The summed E-state index contributed by atoms with van der Waals surface area (Å²) in [6.07, 6.45) is 0. The van der Waals surface area contributed by atoms with Gasteiger partial charge in [-0.3, -0.25) is 4.79 Å². The Hall–Kier alpha value is -2.94. The predicted molar refractivity (Wildman–Crippen MR) is 92.4 cm³/mol. The summed E-state index contributed by atoms with van der Waals surface area (Å²) < 4.78 is 0. The number of aromatic nitrogens is 1. The second kappa shape index (κ2) is 6.88. The molecule has 3 aromatic rings. The van der Waals surface area contributed by atoms with E-state index >= 15 is 0 Å². The van der Waals surface area contributed by atoms with Gasteiger partial charge >= 0.3 is 0 Å². The van der Waals surface area contributed by atoms with Gasteiger partial charge in [-0.15, -0.1) is 0 Å². The topological polar surface area (TPSA) is 33.2 Å². The van der Waals surface area contributed by atoms with Gasteiger partial charge in [0.25, 0.3) is 5.91 Å². The Balaban J connectivity index is 1.96. The van der Waals surface area contributed by atoms with Gasteiger partial charge in [0.05, 0.1) is 6.54 Å². The molecule has 0 atom stereocenters. The Morgan fingerprint density at radius 2 is 1.52 bits per heavy atom. The SMILES string of the molecule is Cc1cccc(C(=O)N(Cc2ccccc2)c2ccccc2)n1. The molecule has 0 spiro atoms. The van der Waals surface area contributed by atoms with Gasteiger partial charge in [-0.2, -0.15) is 0 Å². The molecule has 2 aromatic carbocycles. The van der Waals surface area contributed by atoms with Crippen molar-refractivity contribution in [3.05, 3.63) is 95.8 Å². The normalized spacial score (nSPS) is 10.3. The number of anilines is 1. The van der Waals surface area contributed by atoms with Crippen LogP contribution >= 0.6 is 0 Å². The number of pyridine rings is 1. The average Bonchev–Trinajstić information content (AvgIpc) is 2.61. The summed E-state index contributed by atoms with van der Waals surface area (Å²) >= 11 is 0. The van der Waals surface area contributed by atoms with Crippen molar-refractivity contribution in [3.63, 3.8) is 0 Å². The molecule has 3 heteroatoms. The molecule has 1 heterocycles. The van der Waals surface area contributed by atoms with E-state index in [1.165, 1.54) is 0 Å². The second-order valence-corrected chi connectivity index (χ2v) is 5.38. The van der Waals surface area contributed by atoms with Gasteiger partial charge in [0.2, 0.25) is 0 Å². The Labute approximate surface area is 136 Å². The van der Waals surface area contributed by atoms with E-state index in [9.17, 15) is 4.79 Å². The molecule has 0 aliphatic carbocycles. The number of carbonyl (C=O) groups is 1. The van der Waals surface area contributed by atoms with E-state index in [1.54, 1.807) is 11.0 Å². The van der Waals surface area contributed by atoms with E-state index in [4.69, 9.17) is 0 Å². The summed E-state index contributed by atoms with van der Waals surface area (Å²) in [4.78, 5) is 19.1. The molecule has 0 radical (unpaired) electrons. The van der Waals surface area contributed by atoms with Crippen LogP contribution in [0.4, 0.5) is 5.69 Å². The van der Waals surface area contributed by atoms with E-state index in [0.717, 1.165) is 16.9 Å². The lowest BCUT2D eigenvalue weighted by Crippen LogP contribution is -2.31. The number of carbonyl (C=O) groups excluding carboxylic acids is 1. The third-order valence-electron chi connectivity index (χ3n) is 3.60. The van der Waals surface area contributed by atoms with Crippen molar-refractivity contribution in [1.82, 2.24) is 4.98 Å². The first-order valence-corrected chi connectivity index (χ1v) is 7.58. The third kappa shape index (κ3) is 3.64. The van der Waals surface area contributed by atoms with Crippen molar-refractivity contribution in [2.45, 2.75) is 13.5 Å². The molecule has 1 aromatic heterocycles. The van der Waals surface area contributed by atoms with Gasteiger partial charge in [0, 0.05) is 11.4 Å². The second-order valence-electron chi connectivity index (χ2n) is 5.38. The standard InChI is InChI=1S/C20H18N2O/c1-16-9-8-14-19(21-16)20(23)22(18-12-6-3-7-13-18)15-17-10-4-2-5-11-17/h2-14H,15H2,1H3. The van der Waals surface area contributed by atoms with Crippen molar-refractivity contribution < 1.29 is 4.79 Å². The molecule has 1 amide bonds. The van der Waals surface area contributed by atoms with Crippen molar-refractivity contribution in [2.75, 3.05) is 4.90 Å². The van der Waals surface area contributed by atoms with Crippen molar-refractivity contribution >= 4 is 11.6 Å². The number of hydrogen-bond acceptors (Lipinski definition) is 2. The Bertz CT molecular complexity index is 785. The molecule has 0 bridgehead atoms. The van der Waals surface area contributed by atoms with Crippen LogP contribution in [0.3, 0.4) is 0 Å². The van der Waals surface area contributed by atoms with E-state index in [-0.39, 0.29) is 5.91 Å². The molecule has 23 heavy (non-hydrogen) atoms. The number of amides is 1. The fraction of sp³-hybridized carbons (Fsp3) is 0.100. The predicted octanol–water partition coefficient (Wildman–Crippen LogP) is 4.24. The first kappa shape index (κ1) is 15.0. The lowest BCUT2D eigenvalue weighted by molar-refractivity contribution is 0.0980. The summed E-state index contributed by atoms with van der Waals surface area (Å²) in [7, 11) is 0. The van der Waals surface area contributed by atoms with E-state index < -0.39 is 0 Å². The number of rotatable bonds is 4. The fourth-order valence-electron chi connectivity index (χ4n) is 2.45. The summed E-state index contributed by atoms with van der Waals surface area (Å²) in [5.41, 5.74) is 3.25. The van der Waals surface area contributed by atoms with E-state index in [1.807, 2.05) is 79.7 Å². The van der Waals surface area contributed by atoms with Crippen LogP contribution in [0.25, 0.3) is 0 Å². The molecule has 0 saturated carbocycles. The van der Waals surface area contributed by atoms with Crippen molar-refractivity contribution in [1.29, 1.82) is 0 Å². The molecular weight excluding hydrogens is 284 g/mol. The quantitative estimate of drug-likeness (QED) is 0.722. The first-order valence-electron chi connectivity index (χ1n) is 7.58. The van der Waals surface area contributed by atoms with Gasteiger partial charge in [-0.05, 0) is 36.8 Å². The summed E-state index contributed by atoms with van der Waals surface area (Å²) in [5.74, 6) is -0.0937. The van der Waals surface area contributed by atoms with Crippen LogP contribution in [0.1, 0.15) is 21.7 Å². The van der Waals surface area contributed by atoms with Crippen LogP contribution in [0.5, 0.6) is 0 Å². The monoisotopic (exact) mass is 302 g/mol. The lowest BCUT2D eigenvalue weighted by Gasteiger charge is -2.23. The summed E-state index contributed by atoms with van der Waals surface area (Å²) in [6.45, 7) is 2.40. The van der Waals surface area contributed by atoms with Crippen molar-refractivity contribution in [2.24, 2.45) is 0 Å². The van der Waals surface area contributed by atoms with Gasteiger partial charge in [-0.25, -0.2) is 4.98 Å². The van der Waals surface area contributed by atoms with Gasteiger partial charge in [0.1, 0.15) is 5.69 Å². The van der Waals surface area contributed by atoms with E-state index in [0.29, 0.717) is 12.2 Å². The zero-order chi connectivity index (χ0) is 16.1. The molecule has 0 aliphatic heterocycles. The van der Waals surface area contributed by atoms with Crippen LogP contribution < -0.4 is 4.90 Å². The highest BCUT2D eigenvalue weighted by Crippen LogP contribution is 2.19. The fourth-order valence-corrected chi connectivity index (χ4v) is 2.45. The maximum Gasteiger partial charge on any atom is 0.277 e. The minimum absolute atomic E-state index is 0.0937. The van der Waals surface area contributed by atoms with Crippen LogP contribution in [-0.4, -0.2) is 10.9 Å². The van der Waals surface area contributed by atoms with Gasteiger partial charge in [0.15, 0.2) is 0 Å². The summed E-state index contributed by atoms with van der Waals surface area (Å²) in [6, 6.07) is 25.2. The molecular formula is C20H18N2O. The number of nitrogens with zero attached hydrogens (tertiary/aromatic N) is 2. The molecule has 0 unspecified atom stereocenters. The van der Waals surface area contributed by atoms with Gasteiger partial charge < -0.3 is 4.90 Å². The molecule has 3 rings (SSSR count). The highest BCUT2D eigenvalue weighted by Gasteiger charge is 2.19. The third-order valence-corrected chi connectivity index (χ3v) is 3.60. The maximum absolute atomic E-state index is 13.0. The minimum atomic E-state index is -0.0937. The van der Waals surface area contributed by atoms with Crippen LogP contribution in [0.2, 0.25) is 0 Å². The van der Waals surface area contributed by atoms with E-state index in [2.05, 4.69) is 4.98 Å². The molecule has 0 fully saturated rings. The zero-order valence-corrected chi connectivity index (χ0v) is 13.0. The Morgan fingerprint density at radius 1 is 0.870 bits per heavy atom. The Kier molecular flexibility index (Phi) is 4.48. The summed E-state index contributed by atoms with van der Waals surface area (Å²) in [5, 5.41) is 0. The largest absolute Gasteiger partial charge is 0.303 e. The molecule has 0 saturated heterocycles. The average molecular weight is 302 g/mol. The number of para-hydroxylation sites is 1. The first-order chi connectivity index (χ1) is 11.2. The van der Waals surface area contributed by atoms with Gasteiger partial charge in [-0.1, -0.05) is 54.6 Å². The van der Waals surface area contributed by atoms with Crippen molar-refractivity contribution in [3.8, 4) is 0 Å². The highest BCUT2D eigenvalue weighted by molar-refractivity contribution is 6.04. The van der Waals surface area contributed by atoms with Crippen LogP contribution in [-0.2, 0) is 6.54 Å². The zero-order valence-electron chi connectivity index (χ0n) is 13.0.